The molecule has 0 saturated heterocycles. The zero-order valence-electron chi connectivity index (χ0n) is 8.82. The second-order valence-electron chi connectivity index (χ2n) is 2.98. The number of thiocarbonyl (C=S) groups is 1. The number of benzene rings is 1. The number of nitrogens with zero attached hydrogens (tertiary/aromatic N) is 1. The van der Waals surface area contributed by atoms with Crippen LogP contribution in [0.2, 0.25) is 0 Å². The molecule has 4 heteroatoms. The minimum atomic E-state index is 0.475. The molecule has 0 aliphatic heterocycles. The van der Waals surface area contributed by atoms with Gasteiger partial charge in [-0.15, -0.1) is 0 Å². The first kappa shape index (κ1) is 11.7. The molecule has 0 N–H and O–H groups in total. The van der Waals surface area contributed by atoms with E-state index in [1.54, 1.807) is 7.11 Å². The van der Waals surface area contributed by atoms with Gasteiger partial charge in [-0.25, -0.2) is 4.99 Å². The van der Waals surface area contributed by atoms with Crippen LogP contribution in [0.5, 0.6) is 11.5 Å². The summed E-state index contributed by atoms with van der Waals surface area (Å²) < 4.78 is 10.7. The molecule has 0 unspecified atom stereocenters. The zero-order valence-corrected chi connectivity index (χ0v) is 9.63. The minimum Gasteiger partial charge on any atom is -0.493 e. The van der Waals surface area contributed by atoms with Crippen molar-refractivity contribution in [1.29, 1.82) is 0 Å². The van der Waals surface area contributed by atoms with E-state index in [-0.39, 0.29) is 0 Å². The number of isothiocyanates is 1. The van der Waals surface area contributed by atoms with Gasteiger partial charge in [-0.2, -0.15) is 0 Å². The Bertz CT molecular complexity index is 373. The minimum absolute atomic E-state index is 0.475. The van der Waals surface area contributed by atoms with Crippen LogP contribution in [-0.4, -0.2) is 25.4 Å². The fourth-order valence-corrected chi connectivity index (χ4v) is 1.23. The maximum atomic E-state index is 5.48. The van der Waals surface area contributed by atoms with E-state index in [1.807, 2.05) is 25.1 Å². The number of hydrogen-bond donors (Lipinski definition) is 0. The summed E-state index contributed by atoms with van der Waals surface area (Å²) in [4.78, 5) is 3.76. The summed E-state index contributed by atoms with van der Waals surface area (Å²) in [6, 6.07) is 5.79. The van der Waals surface area contributed by atoms with Gasteiger partial charge in [-0.05, 0) is 36.8 Å². The molecule has 1 aromatic carbocycles. The van der Waals surface area contributed by atoms with E-state index in [2.05, 4.69) is 22.4 Å². The lowest BCUT2D eigenvalue weighted by Crippen LogP contribution is -2.02. The largest absolute Gasteiger partial charge is 0.493 e. The van der Waals surface area contributed by atoms with Gasteiger partial charge in [0.25, 0.3) is 0 Å². The van der Waals surface area contributed by atoms with Crippen LogP contribution in [0, 0.1) is 6.92 Å². The van der Waals surface area contributed by atoms with Gasteiger partial charge in [0, 0.05) is 0 Å². The molecule has 15 heavy (non-hydrogen) atoms. The van der Waals surface area contributed by atoms with E-state index in [1.165, 1.54) is 0 Å². The van der Waals surface area contributed by atoms with Crippen LogP contribution in [0.3, 0.4) is 0 Å². The summed E-state index contributed by atoms with van der Waals surface area (Å²) in [6.07, 6.45) is 0. The molecule has 0 heterocycles. The Kier molecular flexibility index (Phi) is 4.81. The van der Waals surface area contributed by atoms with Gasteiger partial charge >= 0.3 is 0 Å². The Balaban J connectivity index is 2.63. The number of aliphatic imine (C=N–C) groups is 1. The lowest BCUT2D eigenvalue weighted by Gasteiger charge is -2.09. The van der Waals surface area contributed by atoms with Gasteiger partial charge in [0.05, 0.1) is 18.8 Å². The normalized spacial score (nSPS) is 9.20. The molecule has 0 bridgehead atoms. The first-order valence-electron chi connectivity index (χ1n) is 4.59. The van der Waals surface area contributed by atoms with E-state index >= 15 is 0 Å². The van der Waals surface area contributed by atoms with E-state index in [9.17, 15) is 0 Å². The Morgan fingerprint density at radius 1 is 1.40 bits per heavy atom. The van der Waals surface area contributed by atoms with Crippen LogP contribution in [0.15, 0.2) is 23.2 Å². The van der Waals surface area contributed by atoms with Crippen molar-refractivity contribution in [3.63, 3.8) is 0 Å². The molecule has 0 aliphatic carbocycles. The molecule has 0 spiro atoms. The molecular weight excluding hydrogens is 210 g/mol. The van der Waals surface area contributed by atoms with Crippen molar-refractivity contribution in [3.8, 4) is 11.5 Å². The van der Waals surface area contributed by atoms with Crippen molar-refractivity contribution in [2.24, 2.45) is 4.99 Å². The summed E-state index contributed by atoms with van der Waals surface area (Å²) in [5, 5.41) is 2.29. The average molecular weight is 223 g/mol. The maximum absolute atomic E-state index is 5.48. The molecule has 0 amide bonds. The molecule has 0 atom stereocenters. The topological polar surface area (TPSA) is 30.8 Å². The van der Waals surface area contributed by atoms with E-state index in [4.69, 9.17) is 9.47 Å². The highest BCUT2D eigenvalue weighted by Gasteiger charge is 2.03. The summed E-state index contributed by atoms with van der Waals surface area (Å²) >= 11 is 4.45. The molecule has 1 aromatic rings. The average Bonchev–Trinajstić information content (AvgIpc) is 2.26. The number of hydrogen-bond acceptors (Lipinski definition) is 4. The van der Waals surface area contributed by atoms with E-state index < -0.39 is 0 Å². The number of ether oxygens (including phenoxy) is 2. The van der Waals surface area contributed by atoms with E-state index in [0.717, 1.165) is 17.1 Å². The summed E-state index contributed by atoms with van der Waals surface area (Å²) in [6.45, 7) is 2.99. The highest BCUT2D eigenvalue weighted by molar-refractivity contribution is 7.78. The van der Waals surface area contributed by atoms with Gasteiger partial charge in [-0.3, -0.25) is 0 Å². The van der Waals surface area contributed by atoms with Crippen LogP contribution in [0.1, 0.15) is 5.56 Å². The lowest BCUT2D eigenvalue weighted by atomic mass is 10.2. The van der Waals surface area contributed by atoms with Crippen LogP contribution >= 0.6 is 12.2 Å². The predicted octanol–water partition coefficient (Wildman–Crippen LogP) is 2.49. The van der Waals surface area contributed by atoms with Gasteiger partial charge in [0.2, 0.25) is 0 Å². The SMILES string of the molecule is COc1cc(C)ccc1OCCN=C=S. The predicted molar refractivity (Wildman–Crippen MR) is 63.1 cm³/mol. The molecule has 0 aromatic heterocycles. The summed E-state index contributed by atoms with van der Waals surface area (Å²) in [5.74, 6) is 1.46. The fraction of sp³-hybridized carbons (Fsp3) is 0.364. The van der Waals surface area contributed by atoms with Crippen molar-refractivity contribution < 1.29 is 9.47 Å². The van der Waals surface area contributed by atoms with Crippen LogP contribution in [0.25, 0.3) is 0 Å². The number of aryl methyl sites for hydroxylation is 1. The Hall–Kier alpha value is -1.38. The highest BCUT2D eigenvalue weighted by Crippen LogP contribution is 2.27. The highest BCUT2D eigenvalue weighted by atomic mass is 32.1. The molecule has 3 nitrogen and oxygen atoms in total. The molecule has 0 radical (unpaired) electrons. The monoisotopic (exact) mass is 223 g/mol. The van der Waals surface area contributed by atoms with Gasteiger partial charge in [0.15, 0.2) is 11.5 Å². The Morgan fingerprint density at radius 3 is 2.87 bits per heavy atom. The van der Waals surface area contributed by atoms with Crippen LogP contribution in [-0.2, 0) is 0 Å². The standard InChI is InChI=1S/C11H13NO2S/c1-9-3-4-10(11(7-9)13-2)14-6-5-12-8-15/h3-4,7H,5-6H2,1-2H3. The van der Waals surface area contributed by atoms with Crippen LogP contribution < -0.4 is 9.47 Å². The third-order valence-corrected chi connectivity index (χ3v) is 1.97. The van der Waals surface area contributed by atoms with E-state index in [0.29, 0.717) is 13.2 Å². The third-order valence-electron chi connectivity index (χ3n) is 1.84. The fourth-order valence-electron chi connectivity index (χ4n) is 1.14. The van der Waals surface area contributed by atoms with Crippen molar-refractivity contribution in [1.82, 2.24) is 0 Å². The zero-order chi connectivity index (χ0) is 11.1. The van der Waals surface area contributed by atoms with Crippen LogP contribution in [0.4, 0.5) is 0 Å². The van der Waals surface area contributed by atoms with Crippen molar-refractivity contribution >= 4 is 17.4 Å². The Labute approximate surface area is 94.7 Å². The second-order valence-corrected chi connectivity index (χ2v) is 3.16. The first-order valence-corrected chi connectivity index (χ1v) is 5.00. The third kappa shape index (κ3) is 3.70. The lowest BCUT2D eigenvalue weighted by molar-refractivity contribution is 0.303. The summed E-state index contributed by atoms with van der Waals surface area (Å²) in [5.41, 5.74) is 1.14. The van der Waals surface area contributed by atoms with Gasteiger partial charge in [-0.1, -0.05) is 6.07 Å². The van der Waals surface area contributed by atoms with Crippen molar-refractivity contribution in [2.75, 3.05) is 20.3 Å². The van der Waals surface area contributed by atoms with Crippen molar-refractivity contribution in [2.45, 2.75) is 6.92 Å². The molecule has 0 fully saturated rings. The molecule has 0 aliphatic rings. The van der Waals surface area contributed by atoms with Crippen molar-refractivity contribution in [3.05, 3.63) is 23.8 Å². The van der Waals surface area contributed by atoms with Gasteiger partial charge < -0.3 is 9.47 Å². The maximum Gasteiger partial charge on any atom is 0.161 e. The molecular formula is C11H13NO2S. The number of methoxy groups -OCH3 is 1. The smallest absolute Gasteiger partial charge is 0.161 e. The van der Waals surface area contributed by atoms with Gasteiger partial charge in [0.1, 0.15) is 6.61 Å². The first-order chi connectivity index (χ1) is 7.27. The number of rotatable bonds is 5. The second kappa shape index (κ2) is 6.17. The quantitative estimate of drug-likeness (QED) is 0.436. The Morgan fingerprint density at radius 2 is 2.20 bits per heavy atom. The summed E-state index contributed by atoms with van der Waals surface area (Å²) in [7, 11) is 1.62. The molecule has 0 saturated carbocycles. The molecule has 80 valence electrons. The molecule has 1 rings (SSSR count).